The van der Waals surface area contributed by atoms with E-state index in [0.29, 0.717) is 23.7 Å². The van der Waals surface area contributed by atoms with Gasteiger partial charge in [-0.15, -0.1) is 0 Å². The molecule has 3 heterocycles. The summed E-state index contributed by atoms with van der Waals surface area (Å²) < 4.78 is 14.1. The molecular formula is C36H28N2O5. The van der Waals surface area contributed by atoms with Gasteiger partial charge in [0.25, 0.3) is 5.91 Å². The van der Waals surface area contributed by atoms with E-state index >= 15 is 0 Å². The van der Waals surface area contributed by atoms with Gasteiger partial charge in [0.15, 0.2) is 5.43 Å². The van der Waals surface area contributed by atoms with Gasteiger partial charge >= 0.3 is 0 Å². The number of aromatic nitrogens is 1. The Balaban J connectivity index is 1.05. The van der Waals surface area contributed by atoms with Gasteiger partial charge in [0, 0.05) is 69.8 Å². The number of phenols is 1. The number of hydrogen-bond donors (Lipinski definition) is 2. The Bertz CT molecular complexity index is 2090. The largest absolute Gasteiger partial charge is 0.507 e. The number of carbonyl (C=O) groups is 1. The molecule has 2 N–H and O–H groups in total. The van der Waals surface area contributed by atoms with Crippen LogP contribution < -0.4 is 15.5 Å². The number of benzene rings is 4. The van der Waals surface area contributed by atoms with Crippen molar-refractivity contribution in [3.8, 4) is 22.8 Å². The van der Waals surface area contributed by atoms with Crippen LogP contribution in [0.3, 0.4) is 0 Å². The first kappa shape index (κ1) is 26.3. The summed E-state index contributed by atoms with van der Waals surface area (Å²) >= 11 is 0. The molecule has 212 valence electrons. The number of amides is 1. The number of nitrogens with zero attached hydrogens (tertiary/aromatic N) is 1. The van der Waals surface area contributed by atoms with E-state index in [9.17, 15) is 14.7 Å². The lowest BCUT2D eigenvalue weighted by atomic mass is 10.0. The number of unbranched alkanes of at least 4 members (excludes halogenated alkanes) is 1. The number of aryl methyl sites for hydroxylation is 1. The molecule has 1 aliphatic heterocycles. The number of rotatable bonds is 8. The first-order chi connectivity index (χ1) is 21.0. The molecule has 2 aromatic heterocycles. The van der Waals surface area contributed by atoms with Crippen molar-refractivity contribution < 1.29 is 19.1 Å². The maximum absolute atomic E-state index is 12.7. The SMILES string of the molecule is O=C1Nc2ccccc2/C1=C/c1cn(CCCCOc2cc(O)c3c(=O)cc(-c4ccccc4)oc3c2)c2ccccc12. The standard InChI is InChI=1S/C36H28N2O5/c39-31-19-25(20-34-35(31)32(40)21-33(43-34)23-10-2-1-3-11-23)42-17-9-8-16-38-22-24(26-12-5-7-15-30(26)38)18-28-27-13-4-6-14-29(27)37-36(28)41/h1-7,10-15,18-22,39H,8-9,16-17H2,(H,37,41)/b28-18-. The third kappa shape index (κ3) is 5.06. The third-order valence-electron chi connectivity index (χ3n) is 7.73. The highest BCUT2D eigenvalue weighted by molar-refractivity contribution is 6.35. The third-order valence-corrected chi connectivity index (χ3v) is 7.73. The van der Waals surface area contributed by atoms with Crippen LogP contribution in [0.1, 0.15) is 24.0 Å². The van der Waals surface area contributed by atoms with Crippen LogP contribution in [-0.4, -0.2) is 22.2 Å². The van der Waals surface area contributed by atoms with E-state index in [0.717, 1.165) is 52.7 Å². The molecular weight excluding hydrogens is 540 g/mol. The van der Waals surface area contributed by atoms with Crippen LogP contribution in [0.4, 0.5) is 5.69 Å². The number of carbonyl (C=O) groups excluding carboxylic acids is 1. The second-order valence-corrected chi connectivity index (χ2v) is 10.6. The molecule has 7 heteroatoms. The minimum atomic E-state index is -0.309. The number of aromatic hydroxyl groups is 1. The van der Waals surface area contributed by atoms with Crippen LogP contribution in [0.5, 0.6) is 11.5 Å². The first-order valence-corrected chi connectivity index (χ1v) is 14.2. The number of anilines is 1. The molecule has 0 spiro atoms. The molecule has 0 radical (unpaired) electrons. The molecule has 4 aromatic carbocycles. The van der Waals surface area contributed by atoms with Gasteiger partial charge < -0.3 is 24.1 Å². The molecule has 0 atom stereocenters. The summed E-state index contributed by atoms with van der Waals surface area (Å²) in [4.78, 5) is 25.4. The van der Waals surface area contributed by atoms with Crippen molar-refractivity contribution in [2.75, 3.05) is 11.9 Å². The van der Waals surface area contributed by atoms with E-state index in [-0.39, 0.29) is 28.1 Å². The number of nitrogens with one attached hydrogen (secondary N) is 1. The summed E-state index contributed by atoms with van der Waals surface area (Å²) in [7, 11) is 0. The minimum absolute atomic E-state index is 0.0922. The smallest absolute Gasteiger partial charge is 0.256 e. The Kier molecular flexibility index (Phi) is 6.75. The van der Waals surface area contributed by atoms with Crippen LogP contribution in [-0.2, 0) is 11.3 Å². The lowest BCUT2D eigenvalue weighted by molar-refractivity contribution is -0.110. The lowest BCUT2D eigenvalue weighted by Gasteiger charge is -2.10. The summed E-state index contributed by atoms with van der Waals surface area (Å²) in [6, 6.07) is 29.8. The molecule has 0 fully saturated rings. The van der Waals surface area contributed by atoms with Gasteiger partial charge in [0.1, 0.15) is 28.2 Å². The maximum atomic E-state index is 12.7. The fourth-order valence-electron chi connectivity index (χ4n) is 5.66. The van der Waals surface area contributed by atoms with Crippen molar-refractivity contribution in [2.24, 2.45) is 0 Å². The quantitative estimate of drug-likeness (QED) is 0.147. The van der Waals surface area contributed by atoms with E-state index in [4.69, 9.17) is 9.15 Å². The topological polar surface area (TPSA) is 93.7 Å². The second kappa shape index (κ2) is 11.0. The fourth-order valence-corrected chi connectivity index (χ4v) is 5.66. The zero-order valence-electron chi connectivity index (χ0n) is 23.2. The maximum Gasteiger partial charge on any atom is 0.256 e. The van der Waals surface area contributed by atoms with Crippen LogP contribution in [0.25, 0.3) is 44.8 Å². The molecule has 0 saturated carbocycles. The number of hydrogen-bond acceptors (Lipinski definition) is 5. The highest BCUT2D eigenvalue weighted by atomic mass is 16.5. The number of para-hydroxylation sites is 2. The van der Waals surface area contributed by atoms with Gasteiger partial charge in [-0.05, 0) is 31.1 Å². The highest BCUT2D eigenvalue weighted by Crippen LogP contribution is 2.35. The van der Waals surface area contributed by atoms with Crippen molar-refractivity contribution in [1.29, 1.82) is 0 Å². The van der Waals surface area contributed by atoms with E-state index in [2.05, 4.69) is 28.2 Å². The average molecular weight is 569 g/mol. The Hall–Kier alpha value is -5.56. The zero-order chi connectivity index (χ0) is 29.3. The average Bonchev–Trinajstić information content (AvgIpc) is 3.53. The molecule has 1 amide bonds. The van der Waals surface area contributed by atoms with Crippen molar-refractivity contribution in [1.82, 2.24) is 4.57 Å². The molecule has 7 rings (SSSR count). The molecule has 6 aromatic rings. The summed E-state index contributed by atoms with van der Waals surface area (Å²) in [5, 5.41) is 14.7. The van der Waals surface area contributed by atoms with Crippen LogP contribution in [0.2, 0.25) is 0 Å². The molecule has 0 unspecified atom stereocenters. The Labute approximate surface area is 247 Å². The monoisotopic (exact) mass is 568 g/mol. The Morgan fingerprint density at radius 1 is 0.884 bits per heavy atom. The molecule has 7 nitrogen and oxygen atoms in total. The lowest BCUT2D eigenvalue weighted by Crippen LogP contribution is -2.04. The first-order valence-electron chi connectivity index (χ1n) is 14.2. The molecule has 0 saturated heterocycles. The normalized spacial score (nSPS) is 13.5. The molecule has 0 aliphatic carbocycles. The second-order valence-electron chi connectivity index (χ2n) is 10.6. The van der Waals surface area contributed by atoms with Crippen LogP contribution in [0, 0.1) is 0 Å². The summed E-state index contributed by atoms with van der Waals surface area (Å²) in [6.45, 7) is 1.20. The van der Waals surface area contributed by atoms with E-state index in [1.54, 1.807) is 6.07 Å². The molecule has 0 bridgehead atoms. The molecule has 43 heavy (non-hydrogen) atoms. The van der Waals surface area contributed by atoms with Crippen LogP contribution >= 0.6 is 0 Å². The Morgan fingerprint density at radius 2 is 1.67 bits per heavy atom. The van der Waals surface area contributed by atoms with E-state index < -0.39 is 0 Å². The Morgan fingerprint density at radius 3 is 2.56 bits per heavy atom. The summed E-state index contributed by atoms with van der Waals surface area (Å²) in [6.07, 6.45) is 5.69. The van der Waals surface area contributed by atoms with E-state index in [1.807, 2.05) is 72.8 Å². The molecule has 1 aliphatic rings. The van der Waals surface area contributed by atoms with Crippen molar-refractivity contribution in [3.05, 3.63) is 125 Å². The van der Waals surface area contributed by atoms with Crippen molar-refractivity contribution >= 4 is 45.1 Å². The number of phenolic OH excluding ortho intramolecular Hbond substituents is 1. The van der Waals surface area contributed by atoms with Crippen LogP contribution in [0.15, 0.2) is 112 Å². The zero-order valence-corrected chi connectivity index (χ0v) is 23.2. The van der Waals surface area contributed by atoms with E-state index in [1.165, 1.54) is 12.1 Å². The minimum Gasteiger partial charge on any atom is -0.507 e. The van der Waals surface area contributed by atoms with Crippen molar-refractivity contribution in [3.63, 3.8) is 0 Å². The predicted molar refractivity (Wildman–Crippen MR) is 169 cm³/mol. The van der Waals surface area contributed by atoms with Gasteiger partial charge in [-0.3, -0.25) is 9.59 Å². The number of fused-ring (bicyclic) bond motifs is 3. The summed E-state index contributed by atoms with van der Waals surface area (Å²) in [5.41, 5.74) is 5.26. The summed E-state index contributed by atoms with van der Waals surface area (Å²) in [5.74, 6) is 0.612. The predicted octanol–water partition coefficient (Wildman–Crippen LogP) is 7.47. The number of ether oxygens (including phenoxy) is 1. The van der Waals surface area contributed by atoms with Gasteiger partial charge in [-0.1, -0.05) is 66.7 Å². The van der Waals surface area contributed by atoms with Gasteiger partial charge in [-0.25, -0.2) is 0 Å². The highest BCUT2D eigenvalue weighted by Gasteiger charge is 2.24. The van der Waals surface area contributed by atoms with Crippen molar-refractivity contribution in [2.45, 2.75) is 19.4 Å². The fraction of sp³-hybridized carbons (Fsp3) is 0.111. The van der Waals surface area contributed by atoms with Gasteiger partial charge in [0.2, 0.25) is 0 Å². The van der Waals surface area contributed by atoms with Gasteiger partial charge in [-0.2, -0.15) is 0 Å². The van der Waals surface area contributed by atoms with Gasteiger partial charge in [0.05, 0.1) is 6.61 Å².